The van der Waals surface area contributed by atoms with Gasteiger partial charge in [0.1, 0.15) is 5.75 Å². The van der Waals surface area contributed by atoms with Crippen LogP contribution in [0.2, 0.25) is 0 Å². The lowest BCUT2D eigenvalue weighted by molar-refractivity contribution is 0.492. The van der Waals surface area contributed by atoms with Crippen molar-refractivity contribution >= 4 is 10.1 Å². The highest BCUT2D eigenvalue weighted by Crippen LogP contribution is 2.13. The summed E-state index contributed by atoms with van der Waals surface area (Å²) in [6, 6.07) is 7.51. The highest BCUT2D eigenvalue weighted by molar-refractivity contribution is 7.86. The van der Waals surface area contributed by atoms with E-state index in [2.05, 4.69) is 19.2 Å². The van der Waals surface area contributed by atoms with Crippen LogP contribution in [0.1, 0.15) is 25.8 Å². The Morgan fingerprint density at radius 1 is 1.29 bits per heavy atom. The Balaban J connectivity index is 2.56. The molecule has 1 N–H and O–H groups in total. The zero-order valence-corrected chi connectivity index (χ0v) is 11.3. The Hall–Kier alpha value is -1.07. The predicted molar refractivity (Wildman–Crippen MR) is 68.5 cm³/mol. The van der Waals surface area contributed by atoms with Crippen LogP contribution in [0.3, 0.4) is 0 Å². The minimum Gasteiger partial charge on any atom is -0.383 e. The summed E-state index contributed by atoms with van der Waals surface area (Å²) in [5.74, 6) is 0.347. The van der Waals surface area contributed by atoms with Gasteiger partial charge < -0.3 is 9.50 Å². The predicted octanol–water partition coefficient (Wildman–Crippen LogP) is 1.91. The van der Waals surface area contributed by atoms with Crippen molar-refractivity contribution in [2.24, 2.45) is 0 Å². The average Bonchev–Trinajstić information content (AvgIpc) is 2.25. The zero-order valence-electron chi connectivity index (χ0n) is 10.4. The first-order valence-corrected chi connectivity index (χ1v) is 7.44. The SMILES string of the molecule is CCC(C)NCc1ccc(OS(C)(=O)=O)cc1. The number of nitrogens with one attached hydrogen (secondary N) is 1. The molecule has 1 aromatic rings. The van der Waals surface area contributed by atoms with Gasteiger partial charge in [0.25, 0.3) is 0 Å². The van der Waals surface area contributed by atoms with Gasteiger partial charge >= 0.3 is 10.1 Å². The van der Waals surface area contributed by atoms with Crippen LogP contribution < -0.4 is 9.50 Å². The molecule has 0 heterocycles. The first-order chi connectivity index (χ1) is 7.90. The average molecular weight is 257 g/mol. The maximum absolute atomic E-state index is 10.9. The second-order valence-electron chi connectivity index (χ2n) is 4.12. The molecule has 1 atom stereocenters. The molecule has 4 nitrogen and oxygen atoms in total. The smallest absolute Gasteiger partial charge is 0.306 e. The maximum atomic E-state index is 10.9. The van der Waals surface area contributed by atoms with Crippen molar-refractivity contribution in [3.63, 3.8) is 0 Å². The Morgan fingerprint density at radius 2 is 1.88 bits per heavy atom. The van der Waals surface area contributed by atoms with E-state index in [1.165, 1.54) is 0 Å². The molecule has 1 unspecified atom stereocenters. The van der Waals surface area contributed by atoms with Crippen LogP contribution in [-0.4, -0.2) is 20.7 Å². The van der Waals surface area contributed by atoms with Gasteiger partial charge in [-0.25, -0.2) is 0 Å². The van der Waals surface area contributed by atoms with Crippen LogP contribution in [0, 0.1) is 0 Å². The fourth-order valence-electron chi connectivity index (χ4n) is 1.27. The van der Waals surface area contributed by atoms with E-state index in [1.54, 1.807) is 12.1 Å². The number of benzene rings is 1. The fraction of sp³-hybridized carbons (Fsp3) is 0.500. The van der Waals surface area contributed by atoms with Gasteiger partial charge in [0, 0.05) is 12.6 Å². The van der Waals surface area contributed by atoms with E-state index in [0.29, 0.717) is 11.8 Å². The van der Waals surface area contributed by atoms with Crippen LogP contribution in [0.15, 0.2) is 24.3 Å². The van der Waals surface area contributed by atoms with Gasteiger partial charge in [-0.2, -0.15) is 8.42 Å². The number of hydrogen-bond donors (Lipinski definition) is 1. The van der Waals surface area contributed by atoms with Crippen LogP contribution in [0.4, 0.5) is 0 Å². The topological polar surface area (TPSA) is 55.4 Å². The number of rotatable bonds is 6. The van der Waals surface area contributed by atoms with Crippen molar-refractivity contribution < 1.29 is 12.6 Å². The Morgan fingerprint density at radius 3 is 2.35 bits per heavy atom. The van der Waals surface area contributed by atoms with E-state index in [4.69, 9.17) is 4.18 Å². The molecule has 17 heavy (non-hydrogen) atoms. The van der Waals surface area contributed by atoms with E-state index in [9.17, 15) is 8.42 Å². The third-order valence-electron chi connectivity index (χ3n) is 2.44. The second-order valence-corrected chi connectivity index (χ2v) is 5.70. The summed E-state index contributed by atoms with van der Waals surface area (Å²) >= 11 is 0. The molecule has 0 amide bonds. The van der Waals surface area contributed by atoms with Crippen molar-refractivity contribution in [2.75, 3.05) is 6.26 Å². The van der Waals surface area contributed by atoms with Crippen LogP contribution in [0.25, 0.3) is 0 Å². The Labute approximate surface area is 103 Å². The standard InChI is InChI=1S/C12H19NO3S/c1-4-10(2)13-9-11-5-7-12(8-6-11)16-17(3,14)15/h5-8,10,13H,4,9H2,1-3H3. The van der Waals surface area contributed by atoms with Crippen molar-refractivity contribution in [2.45, 2.75) is 32.9 Å². The van der Waals surface area contributed by atoms with Crippen LogP contribution in [0.5, 0.6) is 5.75 Å². The summed E-state index contributed by atoms with van der Waals surface area (Å²) in [6.45, 7) is 5.02. The van der Waals surface area contributed by atoms with Gasteiger partial charge in [-0.1, -0.05) is 19.1 Å². The molecule has 0 spiro atoms. The molecule has 0 aromatic heterocycles. The first-order valence-electron chi connectivity index (χ1n) is 5.62. The minimum absolute atomic E-state index is 0.347. The molecule has 5 heteroatoms. The monoisotopic (exact) mass is 257 g/mol. The highest BCUT2D eigenvalue weighted by Gasteiger charge is 2.04. The summed E-state index contributed by atoms with van der Waals surface area (Å²) < 4.78 is 26.6. The summed E-state index contributed by atoms with van der Waals surface area (Å²) in [6.07, 6.45) is 2.11. The molecule has 1 aromatic carbocycles. The third-order valence-corrected chi connectivity index (χ3v) is 2.93. The van der Waals surface area contributed by atoms with Crippen LogP contribution in [-0.2, 0) is 16.7 Å². The molecule has 0 bridgehead atoms. The van der Waals surface area contributed by atoms with Gasteiger partial charge in [-0.3, -0.25) is 0 Å². The molecular weight excluding hydrogens is 238 g/mol. The Bertz CT molecular complexity index is 439. The Kier molecular flexibility index (Phi) is 4.96. The normalized spacial score (nSPS) is 13.4. The minimum atomic E-state index is -3.44. The molecular formula is C12H19NO3S. The summed E-state index contributed by atoms with van der Waals surface area (Å²) in [4.78, 5) is 0. The van der Waals surface area contributed by atoms with Crippen LogP contribution >= 0.6 is 0 Å². The third kappa shape index (κ3) is 5.70. The second kappa shape index (κ2) is 6.02. The molecule has 0 fully saturated rings. The fourth-order valence-corrected chi connectivity index (χ4v) is 1.73. The van der Waals surface area contributed by atoms with E-state index in [0.717, 1.165) is 24.8 Å². The first kappa shape index (κ1) is 14.0. The quantitative estimate of drug-likeness (QED) is 0.791. The van der Waals surface area contributed by atoms with Gasteiger partial charge in [-0.05, 0) is 31.0 Å². The summed E-state index contributed by atoms with van der Waals surface area (Å²) in [7, 11) is -3.44. The molecule has 0 aliphatic carbocycles. The van der Waals surface area contributed by atoms with E-state index in [-0.39, 0.29) is 0 Å². The lowest BCUT2D eigenvalue weighted by atomic mass is 10.2. The molecule has 0 saturated heterocycles. The summed E-state index contributed by atoms with van der Waals surface area (Å²) in [5.41, 5.74) is 1.10. The molecule has 0 aliphatic heterocycles. The molecule has 0 saturated carbocycles. The maximum Gasteiger partial charge on any atom is 0.306 e. The molecule has 0 aliphatic rings. The zero-order chi connectivity index (χ0) is 12.9. The van der Waals surface area contributed by atoms with Crippen molar-refractivity contribution in [3.05, 3.63) is 29.8 Å². The van der Waals surface area contributed by atoms with Crippen molar-refractivity contribution in [3.8, 4) is 5.75 Å². The molecule has 96 valence electrons. The number of hydrogen-bond acceptors (Lipinski definition) is 4. The van der Waals surface area contributed by atoms with E-state index < -0.39 is 10.1 Å². The van der Waals surface area contributed by atoms with Gasteiger partial charge in [0.2, 0.25) is 0 Å². The lowest BCUT2D eigenvalue weighted by Crippen LogP contribution is -2.24. The van der Waals surface area contributed by atoms with Gasteiger partial charge in [0.15, 0.2) is 0 Å². The van der Waals surface area contributed by atoms with Crippen molar-refractivity contribution in [1.82, 2.24) is 5.32 Å². The van der Waals surface area contributed by atoms with E-state index in [1.807, 2.05) is 12.1 Å². The largest absolute Gasteiger partial charge is 0.383 e. The van der Waals surface area contributed by atoms with Gasteiger partial charge in [0.05, 0.1) is 6.26 Å². The summed E-state index contributed by atoms with van der Waals surface area (Å²) in [5, 5.41) is 3.36. The highest BCUT2D eigenvalue weighted by atomic mass is 32.2. The molecule has 0 radical (unpaired) electrons. The van der Waals surface area contributed by atoms with Gasteiger partial charge in [-0.15, -0.1) is 0 Å². The lowest BCUT2D eigenvalue weighted by Gasteiger charge is -2.11. The van der Waals surface area contributed by atoms with Crippen molar-refractivity contribution in [1.29, 1.82) is 0 Å². The van der Waals surface area contributed by atoms with E-state index >= 15 is 0 Å². The molecule has 1 rings (SSSR count).